The Morgan fingerprint density at radius 2 is 2.33 bits per heavy atom. The van der Waals surface area contributed by atoms with Crippen LogP contribution in [0, 0.1) is 0 Å². The summed E-state index contributed by atoms with van der Waals surface area (Å²) in [6.07, 6.45) is 1.60. The molecule has 2 aliphatic heterocycles. The van der Waals surface area contributed by atoms with E-state index < -0.39 is 0 Å². The van der Waals surface area contributed by atoms with Gasteiger partial charge in [0.25, 0.3) is 0 Å². The standard InChI is InChI=1S/C7H10O2/c1-5-4-9-6-2-3-8-7(5)6/h6-7H,1-4H2. The molecule has 2 aliphatic rings. The predicted molar refractivity (Wildman–Crippen MR) is 33.2 cm³/mol. The van der Waals surface area contributed by atoms with Crippen LogP contribution in [0.1, 0.15) is 6.42 Å². The van der Waals surface area contributed by atoms with Crippen molar-refractivity contribution in [2.24, 2.45) is 0 Å². The van der Waals surface area contributed by atoms with E-state index in [2.05, 4.69) is 6.58 Å². The Kier molecular flexibility index (Phi) is 1.10. The minimum atomic E-state index is 0.227. The first-order chi connectivity index (χ1) is 4.38. The van der Waals surface area contributed by atoms with Crippen LogP contribution in [-0.2, 0) is 9.47 Å². The van der Waals surface area contributed by atoms with E-state index in [0.29, 0.717) is 12.7 Å². The van der Waals surface area contributed by atoms with Gasteiger partial charge in [-0.1, -0.05) is 6.58 Å². The second kappa shape index (κ2) is 1.82. The average molecular weight is 126 g/mol. The topological polar surface area (TPSA) is 18.5 Å². The molecule has 0 amide bonds. The molecule has 0 aromatic heterocycles. The largest absolute Gasteiger partial charge is 0.371 e. The summed E-state index contributed by atoms with van der Waals surface area (Å²) in [4.78, 5) is 0. The maximum Gasteiger partial charge on any atom is 0.107 e. The molecule has 0 saturated carbocycles. The number of fused-ring (bicyclic) bond motifs is 1. The number of hydrogen-bond acceptors (Lipinski definition) is 2. The van der Waals surface area contributed by atoms with E-state index in [0.717, 1.165) is 18.6 Å². The van der Waals surface area contributed by atoms with Crippen molar-refractivity contribution in [1.29, 1.82) is 0 Å². The molecule has 2 saturated heterocycles. The summed E-state index contributed by atoms with van der Waals surface area (Å²) >= 11 is 0. The number of rotatable bonds is 0. The molecule has 2 nitrogen and oxygen atoms in total. The minimum Gasteiger partial charge on any atom is -0.371 e. The Bertz CT molecular complexity index is 142. The fraction of sp³-hybridized carbons (Fsp3) is 0.714. The molecule has 2 atom stereocenters. The lowest BCUT2D eigenvalue weighted by atomic mass is 10.1. The summed E-state index contributed by atoms with van der Waals surface area (Å²) in [5.74, 6) is 0. The molecule has 2 rings (SSSR count). The van der Waals surface area contributed by atoms with Crippen molar-refractivity contribution in [3.8, 4) is 0 Å². The maximum atomic E-state index is 5.36. The summed E-state index contributed by atoms with van der Waals surface area (Å²) in [7, 11) is 0. The summed E-state index contributed by atoms with van der Waals surface area (Å²) in [5.41, 5.74) is 1.11. The molecule has 2 unspecified atom stereocenters. The van der Waals surface area contributed by atoms with Crippen LogP contribution >= 0.6 is 0 Å². The zero-order chi connectivity index (χ0) is 6.27. The molecular formula is C7H10O2. The molecular weight excluding hydrogens is 116 g/mol. The van der Waals surface area contributed by atoms with Crippen LogP contribution < -0.4 is 0 Å². The van der Waals surface area contributed by atoms with Crippen LogP contribution in [0.2, 0.25) is 0 Å². The molecule has 2 heterocycles. The fourth-order valence-corrected chi connectivity index (χ4v) is 1.42. The second-order valence-corrected chi connectivity index (χ2v) is 2.59. The highest BCUT2D eigenvalue weighted by atomic mass is 16.6. The van der Waals surface area contributed by atoms with Crippen LogP contribution in [0.5, 0.6) is 0 Å². The Balaban J connectivity index is 2.15. The summed E-state index contributed by atoms with van der Waals surface area (Å²) < 4.78 is 10.7. The molecule has 0 radical (unpaired) electrons. The van der Waals surface area contributed by atoms with Gasteiger partial charge in [0.1, 0.15) is 6.10 Å². The van der Waals surface area contributed by atoms with E-state index in [9.17, 15) is 0 Å². The van der Waals surface area contributed by atoms with Gasteiger partial charge in [0, 0.05) is 0 Å². The van der Waals surface area contributed by atoms with Crippen LogP contribution in [-0.4, -0.2) is 25.4 Å². The van der Waals surface area contributed by atoms with Crippen molar-refractivity contribution in [1.82, 2.24) is 0 Å². The molecule has 2 heteroatoms. The normalized spacial score (nSPS) is 41.6. The molecule has 2 fully saturated rings. The van der Waals surface area contributed by atoms with Gasteiger partial charge in [0.2, 0.25) is 0 Å². The molecule has 0 aromatic carbocycles. The zero-order valence-electron chi connectivity index (χ0n) is 5.30. The SMILES string of the molecule is C=C1COC2CCOC12. The quantitative estimate of drug-likeness (QED) is 0.445. The summed E-state index contributed by atoms with van der Waals surface area (Å²) in [6.45, 7) is 5.39. The molecule has 0 N–H and O–H groups in total. The summed E-state index contributed by atoms with van der Waals surface area (Å²) in [6, 6.07) is 0. The van der Waals surface area contributed by atoms with Gasteiger partial charge in [-0.15, -0.1) is 0 Å². The Morgan fingerprint density at radius 3 is 3.11 bits per heavy atom. The van der Waals surface area contributed by atoms with Gasteiger partial charge in [-0.05, 0) is 12.0 Å². The highest BCUT2D eigenvalue weighted by molar-refractivity contribution is 5.12. The average Bonchev–Trinajstić information content (AvgIpc) is 2.35. The third-order valence-corrected chi connectivity index (χ3v) is 1.92. The van der Waals surface area contributed by atoms with Crippen LogP contribution in [0.4, 0.5) is 0 Å². The third-order valence-electron chi connectivity index (χ3n) is 1.92. The lowest BCUT2D eigenvalue weighted by molar-refractivity contribution is 0.0766. The Labute approximate surface area is 54.5 Å². The third kappa shape index (κ3) is 0.705. The first-order valence-corrected chi connectivity index (χ1v) is 3.29. The first kappa shape index (κ1) is 5.45. The summed E-state index contributed by atoms with van der Waals surface area (Å²) in [5, 5.41) is 0. The van der Waals surface area contributed by atoms with Gasteiger partial charge in [0.05, 0.1) is 19.3 Å². The molecule has 0 aromatic rings. The molecule has 9 heavy (non-hydrogen) atoms. The Hall–Kier alpha value is -0.340. The van der Waals surface area contributed by atoms with E-state index in [1.807, 2.05) is 0 Å². The highest BCUT2D eigenvalue weighted by Crippen LogP contribution is 2.28. The Morgan fingerprint density at radius 1 is 1.44 bits per heavy atom. The number of ether oxygens (including phenoxy) is 2. The smallest absolute Gasteiger partial charge is 0.107 e. The van der Waals surface area contributed by atoms with Gasteiger partial charge in [-0.25, -0.2) is 0 Å². The van der Waals surface area contributed by atoms with Crippen molar-refractivity contribution in [3.63, 3.8) is 0 Å². The molecule has 50 valence electrons. The van der Waals surface area contributed by atoms with E-state index in [-0.39, 0.29) is 6.10 Å². The number of hydrogen-bond donors (Lipinski definition) is 0. The van der Waals surface area contributed by atoms with Gasteiger partial charge in [-0.3, -0.25) is 0 Å². The predicted octanol–water partition coefficient (Wildman–Crippen LogP) is 0.730. The zero-order valence-corrected chi connectivity index (χ0v) is 5.30. The van der Waals surface area contributed by atoms with Gasteiger partial charge < -0.3 is 9.47 Å². The molecule has 0 spiro atoms. The lowest BCUT2D eigenvalue weighted by Crippen LogP contribution is -2.15. The fourth-order valence-electron chi connectivity index (χ4n) is 1.42. The van der Waals surface area contributed by atoms with Crippen LogP contribution in [0.25, 0.3) is 0 Å². The van der Waals surface area contributed by atoms with Crippen LogP contribution in [0.3, 0.4) is 0 Å². The highest BCUT2D eigenvalue weighted by Gasteiger charge is 2.36. The molecule has 0 aliphatic carbocycles. The second-order valence-electron chi connectivity index (χ2n) is 2.59. The first-order valence-electron chi connectivity index (χ1n) is 3.29. The minimum absolute atomic E-state index is 0.227. The van der Waals surface area contributed by atoms with Gasteiger partial charge in [-0.2, -0.15) is 0 Å². The van der Waals surface area contributed by atoms with Crippen molar-refractivity contribution in [2.75, 3.05) is 13.2 Å². The van der Waals surface area contributed by atoms with E-state index >= 15 is 0 Å². The van der Waals surface area contributed by atoms with Crippen molar-refractivity contribution in [3.05, 3.63) is 12.2 Å². The van der Waals surface area contributed by atoms with Crippen LogP contribution in [0.15, 0.2) is 12.2 Å². The van der Waals surface area contributed by atoms with Crippen molar-refractivity contribution >= 4 is 0 Å². The van der Waals surface area contributed by atoms with Gasteiger partial charge >= 0.3 is 0 Å². The monoisotopic (exact) mass is 126 g/mol. The van der Waals surface area contributed by atoms with E-state index in [4.69, 9.17) is 9.47 Å². The lowest BCUT2D eigenvalue weighted by Gasteiger charge is -2.04. The van der Waals surface area contributed by atoms with E-state index in [1.165, 1.54) is 0 Å². The van der Waals surface area contributed by atoms with Crippen molar-refractivity contribution < 1.29 is 9.47 Å². The van der Waals surface area contributed by atoms with Gasteiger partial charge in [0.15, 0.2) is 0 Å². The maximum absolute atomic E-state index is 5.36. The molecule has 0 bridgehead atoms. The van der Waals surface area contributed by atoms with E-state index in [1.54, 1.807) is 0 Å². The van der Waals surface area contributed by atoms with Crippen molar-refractivity contribution in [2.45, 2.75) is 18.6 Å².